The Morgan fingerprint density at radius 2 is 2.15 bits per heavy atom. The van der Waals surface area contributed by atoms with Crippen LogP contribution in [-0.4, -0.2) is 2.78 Å². The van der Waals surface area contributed by atoms with Crippen molar-refractivity contribution in [2.75, 3.05) is 0 Å². The first kappa shape index (κ1) is 8.57. The molecule has 0 aliphatic rings. The molecule has 0 radical (unpaired) electrons. The second-order valence-electron chi connectivity index (χ2n) is 2.95. The lowest BCUT2D eigenvalue weighted by molar-refractivity contribution is 1.26. The summed E-state index contributed by atoms with van der Waals surface area (Å²) in [5.41, 5.74) is 3.02. The fourth-order valence-corrected chi connectivity index (χ4v) is 1.93. The predicted molar refractivity (Wildman–Crippen MR) is 60.8 cm³/mol. The van der Waals surface area contributed by atoms with Gasteiger partial charge in [0.05, 0.1) is 40.0 Å². The van der Waals surface area contributed by atoms with Gasteiger partial charge in [-0.2, -0.15) is 5.26 Å². The van der Waals surface area contributed by atoms with E-state index in [9.17, 15) is 0 Å². The van der Waals surface area contributed by atoms with Crippen molar-refractivity contribution in [1.29, 1.82) is 5.26 Å². The third-order valence-electron chi connectivity index (χ3n) is 2.05. The molecule has 2 nitrogen and oxygen atoms in total. The number of aromatic nitrogens is 1. The van der Waals surface area contributed by atoms with Crippen LogP contribution in [0.5, 0.6) is 0 Å². The Morgan fingerprint density at radius 1 is 1.38 bits per heavy atom. The molecule has 0 N–H and O–H groups in total. The molecule has 0 atom stereocenters. The Balaban J connectivity index is 2.84. The number of aryl methyl sites for hydroxylation is 1. The van der Waals surface area contributed by atoms with Crippen LogP contribution in [0.3, 0.4) is 0 Å². The van der Waals surface area contributed by atoms with Crippen molar-refractivity contribution in [3.63, 3.8) is 0 Å². The van der Waals surface area contributed by atoms with E-state index in [1.807, 2.05) is 18.2 Å². The number of fused-ring (bicyclic) bond motifs is 1. The summed E-state index contributed by atoms with van der Waals surface area (Å²) in [5.74, 6) is 0. The molecular formula is C10H7IN2. The molecular weight excluding hydrogens is 275 g/mol. The van der Waals surface area contributed by atoms with Crippen LogP contribution >= 0.6 is 22.9 Å². The van der Waals surface area contributed by atoms with Gasteiger partial charge in [-0.1, -0.05) is 6.07 Å². The summed E-state index contributed by atoms with van der Waals surface area (Å²) in [6, 6.07) is 9.99. The molecule has 0 unspecified atom stereocenters. The van der Waals surface area contributed by atoms with Gasteiger partial charge in [-0.15, -0.1) is 0 Å². The van der Waals surface area contributed by atoms with Crippen LogP contribution in [-0.2, 0) is 0 Å². The third kappa shape index (κ3) is 1.31. The molecule has 0 fully saturated rings. The standard InChI is InChI=1S/C10H7IN2/c1-7-4-9-3-2-8(6-12)5-10(9)13(7)11/h2-5H,1H3. The molecule has 1 heterocycles. The summed E-state index contributed by atoms with van der Waals surface area (Å²) < 4.78 is 2.06. The molecule has 2 rings (SSSR count). The summed E-state index contributed by atoms with van der Waals surface area (Å²) >= 11 is 2.24. The van der Waals surface area contributed by atoms with Crippen LogP contribution in [0.1, 0.15) is 11.3 Å². The van der Waals surface area contributed by atoms with E-state index in [4.69, 9.17) is 5.26 Å². The smallest absolute Gasteiger partial charge is 0.0992 e. The molecule has 1 aromatic heterocycles. The second kappa shape index (κ2) is 3.04. The zero-order chi connectivity index (χ0) is 9.42. The van der Waals surface area contributed by atoms with E-state index in [1.165, 1.54) is 11.1 Å². The van der Waals surface area contributed by atoms with Gasteiger partial charge in [-0.05, 0) is 25.1 Å². The van der Waals surface area contributed by atoms with Crippen LogP contribution in [0.15, 0.2) is 24.3 Å². The first-order chi connectivity index (χ1) is 6.22. The molecule has 0 aliphatic carbocycles. The van der Waals surface area contributed by atoms with Gasteiger partial charge in [-0.25, -0.2) is 0 Å². The molecule has 0 aliphatic heterocycles. The lowest BCUT2D eigenvalue weighted by atomic mass is 10.2. The minimum Gasteiger partial charge on any atom is -0.287 e. The molecule has 0 saturated heterocycles. The van der Waals surface area contributed by atoms with Gasteiger partial charge in [0.15, 0.2) is 0 Å². The highest BCUT2D eigenvalue weighted by Crippen LogP contribution is 2.22. The van der Waals surface area contributed by atoms with Gasteiger partial charge >= 0.3 is 0 Å². The Morgan fingerprint density at radius 3 is 2.85 bits per heavy atom. The van der Waals surface area contributed by atoms with Gasteiger partial charge in [-0.3, -0.25) is 2.78 Å². The first-order valence-corrected chi connectivity index (χ1v) is 4.87. The van der Waals surface area contributed by atoms with E-state index < -0.39 is 0 Å². The van der Waals surface area contributed by atoms with E-state index in [1.54, 1.807) is 0 Å². The number of halogens is 1. The van der Waals surface area contributed by atoms with Crippen molar-refractivity contribution in [3.8, 4) is 6.07 Å². The quantitative estimate of drug-likeness (QED) is 0.683. The topological polar surface area (TPSA) is 28.7 Å². The van der Waals surface area contributed by atoms with Crippen LogP contribution in [0.4, 0.5) is 0 Å². The molecule has 0 amide bonds. The monoisotopic (exact) mass is 282 g/mol. The first-order valence-electron chi connectivity index (χ1n) is 3.91. The van der Waals surface area contributed by atoms with Gasteiger partial charge in [0.2, 0.25) is 0 Å². The van der Waals surface area contributed by atoms with Gasteiger partial charge in [0.25, 0.3) is 0 Å². The lowest BCUT2D eigenvalue weighted by Crippen LogP contribution is -1.81. The minimum atomic E-state index is 0.712. The maximum Gasteiger partial charge on any atom is 0.0992 e. The average Bonchev–Trinajstić information content (AvgIpc) is 2.43. The Hall–Kier alpha value is -1.02. The zero-order valence-electron chi connectivity index (χ0n) is 7.08. The molecule has 3 heteroatoms. The minimum absolute atomic E-state index is 0.712. The van der Waals surface area contributed by atoms with E-state index in [0.29, 0.717) is 5.56 Å². The maximum atomic E-state index is 8.73. The van der Waals surface area contributed by atoms with E-state index in [0.717, 1.165) is 5.52 Å². The number of nitrogens with zero attached hydrogens (tertiary/aromatic N) is 2. The van der Waals surface area contributed by atoms with Gasteiger partial charge in [0, 0.05) is 11.1 Å². The number of nitriles is 1. The number of benzene rings is 1. The predicted octanol–water partition coefficient (Wildman–Crippen LogP) is 3.02. The largest absolute Gasteiger partial charge is 0.287 e. The van der Waals surface area contributed by atoms with Gasteiger partial charge in [0.1, 0.15) is 0 Å². The second-order valence-corrected chi connectivity index (χ2v) is 3.92. The summed E-state index contributed by atoms with van der Waals surface area (Å²) in [7, 11) is 0. The van der Waals surface area contributed by atoms with E-state index >= 15 is 0 Å². The summed E-state index contributed by atoms with van der Waals surface area (Å²) in [6.45, 7) is 2.05. The number of rotatable bonds is 0. The molecule has 2 aromatic rings. The number of hydrogen-bond donors (Lipinski definition) is 0. The highest BCUT2D eigenvalue weighted by atomic mass is 127. The SMILES string of the molecule is Cc1cc2ccc(C#N)cc2n1I. The van der Waals surface area contributed by atoms with Crippen molar-refractivity contribution in [2.24, 2.45) is 0 Å². The molecule has 0 saturated carbocycles. The number of hydrogen-bond acceptors (Lipinski definition) is 1. The lowest BCUT2D eigenvalue weighted by Gasteiger charge is -1.95. The summed E-state index contributed by atoms with van der Waals surface area (Å²) in [4.78, 5) is 0. The van der Waals surface area contributed by atoms with Crippen molar-refractivity contribution in [2.45, 2.75) is 6.92 Å². The average molecular weight is 282 g/mol. The molecule has 0 bridgehead atoms. The van der Waals surface area contributed by atoms with Crippen LogP contribution in [0.25, 0.3) is 10.9 Å². The maximum absolute atomic E-state index is 8.73. The normalized spacial score (nSPS) is 10.2. The molecule has 64 valence electrons. The highest BCUT2D eigenvalue weighted by molar-refractivity contribution is 14.1. The molecule has 0 spiro atoms. The van der Waals surface area contributed by atoms with Crippen molar-refractivity contribution in [1.82, 2.24) is 2.78 Å². The van der Waals surface area contributed by atoms with Crippen LogP contribution in [0, 0.1) is 18.3 Å². The van der Waals surface area contributed by atoms with Crippen LogP contribution in [0.2, 0.25) is 0 Å². The van der Waals surface area contributed by atoms with Crippen molar-refractivity contribution >= 4 is 33.8 Å². The Bertz CT molecular complexity index is 505. The van der Waals surface area contributed by atoms with E-state index in [-0.39, 0.29) is 0 Å². The van der Waals surface area contributed by atoms with Gasteiger partial charge < -0.3 is 0 Å². The van der Waals surface area contributed by atoms with Crippen LogP contribution < -0.4 is 0 Å². The van der Waals surface area contributed by atoms with E-state index in [2.05, 4.69) is 44.7 Å². The summed E-state index contributed by atoms with van der Waals surface area (Å²) in [6.07, 6.45) is 0. The fourth-order valence-electron chi connectivity index (χ4n) is 1.38. The Kier molecular flexibility index (Phi) is 2.00. The zero-order valence-corrected chi connectivity index (χ0v) is 9.24. The Labute approximate surface area is 90.3 Å². The van der Waals surface area contributed by atoms with Crippen molar-refractivity contribution < 1.29 is 0 Å². The summed E-state index contributed by atoms with van der Waals surface area (Å²) in [5, 5.41) is 9.92. The third-order valence-corrected chi connectivity index (χ3v) is 3.33. The molecule has 1 aromatic carbocycles. The highest BCUT2D eigenvalue weighted by Gasteiger charge is 2.03. The fraction of sp³-hybridized carbons (Fsp3) is 0.100. The van der Waals surface area contributed by atoms with Crippen molar-refractivity contribution in [3.05, 3.63) is 35.5 Å². The molecule has 13 heavy (non-hydrogen) atoms.